The average Bonchev–Trinajstić information content (AvgIpc) is 3.26. The summed E-state index contributed by atoms with van der Waals surface area (Å²) < 4.78 is 10.8. The summed E-state index contributed by atoms with van der Waals surface area (Å²) in [6, 6.07) is 13.1. The van der Waals surface area contributed by atoms with E-state index in [1.807, 2.05) is 50.2 Å². The molecule has 2 aromatic carbocycles. The fourth-order valence-corrected chi connectivity index (χ4v) is 3.80. The molecule has 0 spiro atoms. The van der Waals surface area contributed by atoms with Gasteiger partial charge in [-0.3, -0.25) is 0 Å². The van der Waals surface area contributed by atoms with Crippen molar-refractivity contribution in [3.8, 4) is 17.1 Å². The zero-order valence-electron chi connectivity index (χ0n) is 17.5. The van der Waals surface area contributed by atoms with Crippen LogP contribution in [0.15, 0.2) is 47.0 Å². The molecule has 1 aromatic heterocycles. The molecule has 1 unspecified atom stereocenters. The highest BCUT2D eigenvalue weighted by Gasteiger charge is 2.32. The van der Waals surface area contributed by atoms with E-state index in [1.54, 1.807) is 12.0 Å². The molecule has 1 saturated heterocycles. The second-order valence-corrected chi connectivity index (χ2v) is 7.64. The summed E-state index contributed by atoms with van der Waals surface area (Å²) in [6.07, 6.45) is 2.76. The molecule has 0 aliphatic carbocycles. The van der Waals surface area contributed by atoms with E-state index < -0.39 is 0 Å². The highest BCUT2D eigenvalue weighted by Crippen LogP contribution is 2.32. The van der Waals surface area contributed by atoms with Crippen LogP contribution in [-0.2, 0) is 0 Å². The average molecular weight is 406 g/mol. The van der Waals surface area contributed by atoms with E-state index in [9.17, 15) is 4.79 Å². The molecule has 2 amide bonds. The summed E-state index contributed by atoms with van der Waals surface area (Å²) in [7, 11) is 1.63. The minimum Gasteiger partial charge on any atom is -0.497 e. The Morgan fingerprint density at radius 2 is 1.97 bits per heavy atom. The predicted octanol–water partition coefficient (Wildman–Crippen LogP) is 5.12. The number of aromatic nitrogens is 2. The maximum absolute atomic E-state index is 13.0. The molecule has 1 aliphatic rings. The smallest absolute Gasteiger partial charge is 0.322 e. The highest BCUT2D eigenvalue weighted by molar-refractivity contribution is 5.90. The van der Waals surface area contributed by atoms with Crippen molar-refractivity contribution in [2.75, 3.05) is 19.0 Å². The Morgan fingerprint density at radius 3 is 2.70 bits per heavy atom. The standard InChI is InChI=1S/C23H26N4O3/c1-15-7-12-19(16(2)14-15)24-23(28)27-13-5-4-6-20(27)22-25-21(26-30-22)17-8-10-18(29-3)11-9-17/h7-12,14,20H,4-6,13H2,1-3H3,(H,24,28). The first-order chi connectivity index (χ1) is 14.5. The molecule has 1 N–H and O–H groups in total. The number of carbonyl (C=O) groups excluding carboxylic acids is 1. The zero-order valence-corrected chi connectivity index (χ0v) is 17.5. The van der Waals surface area contributed by atoms with Crippen molar-refractivity contribution in [1.29, 1.82) is 0 Å². The molecule has 30 heavy (non-hydrogen) atoms. The number of benzene rings is 2. The summed E-state index contributed by atoms with van der Waals surface area (Å²) in [4.78, 5) is 19.4. The molecule has 1 fully saturated rings. The Balaban J connectivity index is 1.53. The molecule has 3 aromatic rings. The van der Waals surface area contributed by atoms with E-state index in [1.165, 1.54) is 5.56 Å². The number of methoxy groups -OCH3 is 1. The van der Waals surface area contributed by atoms with Crippen LogP contribution in [-0.4, -0.2) is 34.7 Å². The van der Waals surface area contributed by atoms with Gasteiger partial charge >= 0.3 is 6.03 Å². The first-order valence-electron chi connectivity index (χ1n) is 10.2. The van der Waals surface area contributed by atoms with E-state index in [0.29, 0.717) is 18.3 Å². The highest BCUT2D eigenvalue weighted by atomic mass is 16.5. The molecule has 2 heterocycles. The third-order valence-corrected chi connectivity index (χ3v) is 5.46. The number of nitrogens with one attached hydrogen (secondary N) is 1. The van der Waals surface area contributed by atoms with Gasteiger partial charge < -0.3 is 19.5 Å². The Bertz CT molecular complexity index is 1030. The summed E-state index contributed by atoms with van der Waals surface area (Å²) in [5.74, 6) is 1.74. The van der Waals surface area contributed by atoms with Gasteiger partial charge in [-0.1, -0.05) is 22.9 Å². The number of carbonyl (C=O) groups is 1. The molecule has 1 aliphatic heterocycles. The second kappa shape index (κ2) is 8.57. The topological polar surface area (TPSA) is 80.5 Å². The summed E-state index contributed by atoms with van der Waals surface area (Å²) in [6.45, 7) is 4.69. The fourth-order valence-electron chi connectivity index (χ4n) is 3.80. The van der Waals surface area contributed by atoms with Gasteiger partial charge in [-0.15, -0.1) is 0 Å². The lowest BCUT2D eigenvalue weighted by Gasteiger charge is -2.33. The number of nitrogens with zero attached hydrogens (tertiary/aromatic N) is 3. The van der Waals surface area contributed by atoms with Gasteiger partial charge in [0.25, 0.3) is 0 Å². The number of piperidine rings is 1. The third kappa shape index (κ3) is 4.15. The lowest BCUT2D eigenvalue weighted by atomic mass is 10.0. The fraction of sp³-hybridized carbons (Fsp3) is 0.348. The van der Waals surface area contributed by atoms with E-state index >= 15 is 0 Å². The van der Waals surface area contributed by atoms with Crippen molar-refractivity contribution in [3.63, 3.8) is 0 Å². The minimum atomic E-state index is -0.232. The second-order valence-electron chi connectivity index (χ2n) is 7.64. The van der Waals surface area contributed by atoms with E-state index in [0.717, 1.165) is 41.8 Å². The number of amides is 2. The van der Waals surface area contributed by atoms with Crippen LogP contribution >= 0.6 is 0 Å². The molecular weight excluding hydrogens is 380 g/mol. The number of aryl methyl sites for hydroxylation is 2. The summed E-state index contributed by atoms with van der Waals surface area (Å²) >= 11 is 0. The maximum Gasteiger partial charge on any atom is 0.322 e. The third-order valence-electron chi connectivity index (χ3n) is 5.46. The van der Waals surface area contributed by atoms with Crippen LogP contribution < -0.4 is 10.1 Å². The maximum atomic E-state index is 13.0. The number of anilines is 1. The van der Waals surface area contributed by atoms with Gasteiger partial charge in [0.2, 0.25) is 11.7 Å². The quantitative estimate of drug-likeness (QED) is 0.650. The van der Waals surface area contributed by atoms with Gasteiger partial charge in [-0.25, -0.2) is 4.79 Å². The van der Waals surface area contributed by atoms with Crippen molar-refractivity contribution < 1.29 is 14.1 Å². The van der Waals surface area contributed by atoms with E-state index in [4.69, 9.17) is 9.26 Å². The Hall–Kier alpha value is -3.35. The van der Waals surface area contributed by atoms with Crippen molar-refractivity contribution >= 4 is 11.7 Å². The molecule has 156 valence electrons. The summed E-state index contributed by atoms with van der Waals surface area (Å²) in [5, 5.41) is 7.17. The van der Waals surface area contributed by atoms with Gasteiger partial charge in [-0.05, 0) is 69.0 Å². The van der Waals surface area contributed by atoms with Gasteiger partial charge in [0.05, 0.1) is 7.11 Å². The first-order valence-corrected chi connectivity index (χ1v) is 10.2. The van der Waals surface area contributed by atoms with Gasteiger partial charge in [-0.2, -0.15) is 4.98 Å². The Labute approximate surface area is 176 Å². The molecule has 7 nitrogen and oxygen atoms in total. The molecular formula is C23H26N4O3. The molecule has 0 bridgehead atoms. The molecule has 1 atom stereocenters. The van der Waals surface area contributed by atoms with E-state index in [2.05, 4.69) is 21.5 Å². The molecule has 7 heteroatoms. The van der Waals surface area contributed by atoms with Gasteiger partial charge in [0.15, 0.2) is 0 Å². The Kier molecular flexibility index (Phi) is 5.70. The number of hydrogen-bond donors (Lipinski definition) is 1. The van der Waals surface area contributed by atoms with E-state index in [-0.39, 0.29) is 12.1 Å². The van der Waals surface area contributed by atoms with Crippen molar-refractivity contribution in [2.24, 2.45) is 0 Å². The molecule has 4 rings (SSSR count). The molecule has 0 saturated carbocycles. The van der Waals surface area contributed by atoms with Crippen LogP contribution in [0.3, 0.4) is 0 Å². The number of likely N-dealkylation sites (tertiary alicyclic amines) is 1. The largest absolute Gasteiger partial charge is 0.497 e. The van der Waals surface area contributed by atoms with Crippen LogP contribution in [0.2, 0.25) is 0 Å². The van der Waals surface area contributed by atoms with Gasteiger partial charge in [0.1, 0.15) is 11.8 Å². The van der Waals surface area contributed by atoms with Crippen molar-refractivity contribution in [2.45, 2.75) is 39.2 Å². The zero-order chi connectivity index (χ0) is 21.1. The van der Waals surface area contributed by atoms with Crippen molar-refractivity contribution in [1.82, 2.24) is 15.0 Å². The number of rotatable bonds is 4. The van der Waals surface area contributed by atoms with Crippen LogP contribution in [0, 0.1) is 13.8 Å². The lowest BCUT2D eigenvalue weighted by Crippen LogP contribution is -2.41. The normalized spacial score (nSPS) is 16.4. The monoisotopic (exact) mass is 406 g/mol. The number of hydrogen-bond acceptors (Lipinski definition) is 5. The minimum absolute atomic E-state index is 0.143. The molecule has 0 radical (unpaired) electrons. The SMILES string of the molecule is COc1ccc(-c2noc(C3CCCCN3C(=O)Nc3ccc(C)cc3C)n2)cc1. The van der Waals surface area contributed by atoms with Crippen LogP contribution in [0.1, 0.15) is 42.3 Å². The first kappa shape index (κ1) is 19.9. The number of urea groups is 1. The number of ether oxygens (including phenoxy) is 1. The predicted molar refractivity (Wildman–Crippen MR) is 115 cm³/mol. The lowest BCUT2D eigenvalue weighted by molar-refractivity contribution is 0.142. The van der Waals surface area contributed by atoms with Crippen LogP contribution in [0.4, 0.5) is 10.5 Å². The van der Waals surface area contributed by atoms with Crippen molar-refractivity contribution in [3.05, 3.63) is 59.5 Å². The summed E-state index contributed by atoms with van der Waals surface area (Å²) in [5.41, 5.74) is 3.86. The Morgan fingerprint density at radius 1 is 1.17 bits per heavy atom. The van der Waals surface area contributed by atoms with Crippen LogP contribution in [0.25, 0.3) is 11.4 Å². The van der Waals surface area contributed by atoms with Gasteiger partial charge in [0, 0.05) is 17.8 Å². The van der Waals surface area contributed by atoms with Crippen LogP contribution in [0.5, 0.6) is 5.75 Å².